The van der Waals surface area contributed by atoms with Crippen molar-refractivity contribution < 1.29 is 9.21 Å². The predicted octanol–water partition coefficient (Wildman–Crippen LogP) is 0.0370. The van der Waals surface area contributed by atoms with Gasteiger partial charge in [0.1, 0.15) is 6.54 Å². The monoisotopic (exact) mass is 241 g/mol. The first-order valence-corrected chi connectivity index (χ1v) is 5.52. The maximum Gasteiger partial charge on any atom is 0.318 e. The normalized spacial score (nSPS) is 12.8. The van der Waals surface area contributed by atoms with Gasteiger partial charge in [0.2, 0.25) is 11.8 Å². The standard InChI is InChI=1S/C10H19N5O2/c1-6(2)4-15(5-8(12)16)10-14-13-9(17-10)7(3)11/h6-7H,4-5,11H2,1-3H3,(H2,12,16). The van der Waals surface area contributed by atoms with Gasteiger partial charge in [-0.15, -0.1) is 5.10 Å². The van der Waals surface area contributed by atoms with E-state index in [1.54, 1.807) is 11.8 Å². The van der Waals surface area contributed by atoms with Crippen molar-refractivity contribution in [2.24, 2.45) is 17.4 Å². The van der Waals surface area contributed by atoms with Crippen LogP contribution in [0.5, 0.6) is 0 Å². The van der Waals surface area contributed by atoms with Crippen molar-refractivity contribution in [1.29, 1.82) is 0 Å². The molecule has 1 aromatic heterocycles. The summed E-state index contributed by atoms with van der Waals surface area (Å²) in [6.07, 6.45) is 0. The highest BCUT2D eigenvalue weighted by molar-refractivity contribution is 5.78. The van der Waals surface area contributed by atoms with Crippen LogP contribution in [0.15, 0.2) is 4.42 Å². The third-order valence-electron chi connectivity index (χ3n) is 2.02. The summed E-state index contributed by atoms with van der Waals surface area (Å²) in [4.78, 5) is 12.6. The highest BCUT2D eigenvalue weighted by Gasteiger charge is 2.18. The van der Waals surface area contributed by atoms with E-state index in [0.29, 0.717) is 18.4 Å². The first-order valence-electron chi connectivity index (χ1n) is 5.52. The molecular weight excluding hydrogens is 222 g/mol. The second kappa shape index (κ2) is 5.62. The number of carbonyl (C=O) groups excluding carboxylic acids is 1. The van der Waals surface area contributed by atoms with Gasteiger partial charge in [0.05, 0.1) is 6.04 Å². The number of carbonyl (C=O) groups is 1. The summed E-state index contributed by atoms with van der Waals surface area (Å²) >= 11 is 0. The van der Waals surface area contributed by atoms with Crippen molar-refractivity contribution in [3.8, 4) is 0 Å². The number of aromatic nitrogens is 2. The Morgan fingerprint density at radius 1 is 1.41 bits per heavy atom. The van der Waals surface area contributed by atoms with Gasteiger partial charge >= 0.3 is 6.01 Å². The molecule has 1 amide bonds. The molecule has 0 aliphatic heterocycles. The molecule has 17 heavy (non-hydrogen) atoms. The Labute approximate surface area is 100 Å². The molecule has 0 saturated heterocycles. The second-order valence-electron chi connectivity index (χ2n) is 4.45. The lowest BCUT2D eigenvalue weighted by atomic mass is 10.2. The predicted molar refractivity (Wildman–Crippen MR) is 63.1 cm³/mol. The molecule has 1 rings (SSSR count). The summed E-state index contributed by atoms with van der Waals surface area (Å²) < 4.78 is 5.38. The number of nitrogens with two attached hydrogens (primary N) is 2. The number of hydrogen-bond donors (Lipinski definition) is 2. The van der Waals surface area contributed by atoms with E-state index in [9.17, 15) is 4.79 Å². The van der Waals surface area contributed by atoms with Crippen LogP contribution in [-0.2, 0) is 4.79 Å². The quantitative estimate of drug-likeness (QED) is 0.727. The molecule has 0 bridgehead atoms. The lowest BCUT2D eigenvalue weighted by Gasteiger charge is -2.20. The molecule has 1 aromatic rings. The number of primary amides is 1. The van der Waals surface area contributed by atoms with Crippen molar-refractivity contribution in [1.82, 2.24) is 10.2 Å². The Balaban J connectivity index is 2.83. The summed E-state index contributed by atoms with van der Waals surface area (Å²) in [6, 6.07) is -0.0458. The molecule has 4 N–H and O–H groups in total. The molecule has 1 atom stereocenters. The smallest absolute Gasteiger partial charge is 0.318 e. The lowest BCUT2D eigenvalue weighted by Crippen LogP contribution is -2.36. The minimum atomic E-state index is -0.439. The fourth-order valence-electron chi connectivity index (χ4n) is 1.38. The van der Waals surface area contributed by atoms with Crippen LogP contribution in [0.2, 0.25) is 0 Å². The summed E-state index contributed by atoms with van der Waals surface area (Å²) in [5.41, 5.74) is 10.8. The van der Waals surface area contributed by atoms with Gasteiger partial charge in [-0.2, -0.15) is 0 Å². The van der Waals surface area contributed by atoms with Gasteiger partial charge in [0.15, 0.2) is 0 Å². The van der Waals surface area contributed by atoms with Gasteiger partial charge < -0.3 is 20.8 Å². The lowest BCUT2D eigenvalue weighted by molar-refractivity contribution is -0.116. The Bertz CT molecular complexity index is 375. The van der Waals surface area contributed by atoms with Crippen molar-refractivity contribution in [2.75, 3.05) is 18.0 Å². The van der Waals surface area contributed by atoms with E-state index in [4.69, 9.17) is 15.9 Å². The molecule has 0 spiro atoms. The van der Waals surface area contributed by atoms with Gasteiger partial charge in [-0.25, -0.2) is 0 Å². The van der Waals surface area contributed by atoms with E-state index in [1.807, 2.05) is 13.8 Å². The largest absolute Gasteiger partial charge is 0.406 e. The van der Waals surface area contributed by atoms with E-state index in [1.165, 1.54) is 0 Å². The van der Waals surface area contributed by atoms with Crippen LogP contribution >= 0.6 is 0 Å². The van der Waals surface area contributed by atoms with Crippen molar-refractivity contribution in [3.63, 3.8) is 0 Å². The fourth-order valence-corrected chi connectivity index (χ4v) is 1.38. The SMILES string of the molecule is CC(C)CN(CC(N)=O)c1nnc(C(C)N)o1. The zero-order valence-electron chi connectivity index (χ0n) is 10.4. The fraction of sp³-hybridized carbons (Fsp3) is 0.700. The van der Waals surface area contributed by atoms with Gasteiger partial charge in [-0.05, 0) is 12.8 Å². The molecule has 0 fully saturated rings. The molecule has 0 aliphatic carbocycles. The average Bonchev–Trinajstić information content (AvgIpc) is 2.63. The molecule has 0 saturated carbocycles. The number of hydrogen-bond acceptors (Lipinski definition) is 6. The number of amides is 1. The maximum atomic E-state index is 11.0. The number of rotatable bonds is 6. The highest BCUT2D eigenvalue weighted by Crippen LogP contribution is 2.16. The Morgan fingerprint density at radius 2 is 2.06 bits per heavy atom. The van der Waals surface area contributed by atoms with Gasteiger partial charge in [-0.1, -0.05) is 18.9 Å². The van der Waals surface area contributed by atoms with Gasteiger partial charge in [0.25, 0.3) is 0 Å². The Morgan fingerprint density at radius 3 is 2.47 bits per heavy atom. The van der Waals surface area contributed by atoms with Crippen molar-refractivity contribution in [2.45, 2.75) is 26.8 Å². The number of nitrogens with zero attached hydrogens (tertiary/aromatic N) is 3. The highest BCUT2D eigenvalue weighted by atomic mass is 16.4. The maximum absolute atomic E-state index is 11.0. The van der Waals surface area contributed by atoms with E-state index >= 15 is 0 Å². The van der Waals surface area contributed by atoms with Gasteiger partial charge in [0, 0.05) is 6.54 Å². The molecular formula is C10H19N5O2. The minimum Gasteiger partial charge on any atom is -0.406 e. The molecule has 1 heterocycles. The van der Waals surface area contributed by atoms with Crippen LogP contribution in [0.3, 0.4) is 0 Å². The molecule has 7 nitrogen and oxygen atoms in total. The molecule has 0 aromatic carbocycles. The third-order valence-corrected chi connectivity index (χ3v) is 2.02. The van der Waals surface area contributed by atoms with E-state index < -0.39 is 5.91 Å². The summed E-state index contributed by atoms with van der Waals surface area (Å²) in [6.45, 7) is 6.47. The number of anilines is 1. The van der Waals surface area contributed by atoms with Crippen molar-refractivity contribution in [3.05, 3.63) is 5.89 Å². The first kappa shape index (κ1) is 13.4. The summed E-state index contributed by atoms with van der Waals surface area (Å²) in [5.74, 6) is 0.254. The molecule has 96 valence electrons. The van der Waals surface area contributed by atoms with Crippen LogP contribution in [0.4, 0.5) is 6.01 Å². The Hall–Kier alpha value is -1.63. The third kappa shape index (κ3) is 4.03. The summed E-state index contributed by atoms with van der Waals surface area (Å²) in [7, 11) is 0. The van der Waals surface area contributed by atoms with E-state index in [0.717, 1.165) is 0 Å². The van der Waals surface area contributed by atoms with Crippen LogP contribution in [0.1, 0.15) is 32.7 Å². The summed E-state index contributed by atoms with van der Waals surface area (Å²) in [5, 5.41) is 7.68. The molecule has 1 unspecified atom stereocenters. The zero-order chi connectivity index (χ0) is 13.0. The molecule has 0 radical (unpaired) electrons. The van der Waals surface area contributed by atoms with Crippen LogP contribution in [0, 0.1) is 5.92 Å². The van der Waals surface area contributed by atoms with Crippen LogP contribution < -0.4 is 16.4 Å². The topological polar surface area (TPSA) is 111 Å². The molecule has 7 heteroatoms. The zero-order valence-corrected chi connectivity index (χ0v) is 10.4. The van der Waals surface area contributed by atoms with Gasteiger partial charge in [-0.3, -0.25) is 4.79 Å². The van der Waals surface area contributed by atoms with Crippen molar-refractivity contribution >= 4 is 11.9 Å². The second-order valence-corrected chi connectivity index (χ2v) is 4.45. The Kier molecular flexibility index (Phi) is 4.45. The first-order chi connectivity index (χ1) is 7.90. The minimum absolute atomic E-state index is 0.0543. The van der Waals surface area contributed by atoms with Crippen LogP contribution in [-0.4, -0.2) is 29.2 Å². The molecule has 0 aliphatic rings. The van der Waals surface area contributed by atoms with E-state index in [2.05, 4.69) is 10.2 Å². The van der Waals surface area contributed by atoms with Crippen LogP contribution in [0.25, 0.3) is 0 Å². The average molecular weight is 241 g/mol. The van der Waals surface area contributed by atoms with E-state index in [-0.39, 0.29) is 18.6 Å².